The van der Waals surface area contributed by atoms with Crippen LogP contribution in [0.15, 0.2) is 0 Å². The van der Waals surface area contributed by atoms with E-state index >= 15 is 0 Å². The molecule has 3 N–H and O–H groups in total. The van der Waals surface area contributed by atoms with Crippen molar-refractivity contribution in [3.63, 3.8) is 0 Å². The second-order valence-corrected chi connectivity index (χ2v) is 4.55. The Bertz CT molecular complexity index is 208. The largest absolute Gasteiger partial charge is 0.351 e. The fraction of sp³-hybridized carbons (Fsp3) is 0.909. The third-order valence-electron chi connectivity index (χ3n) is 3.27. The SMILES string of the molecule is O=C(NC1CCCNC1)[C@H]1CCCCN1. The van der Waals surface area contributed by atoms with Crippen LogP contribution in [-0.2, 0) is 4.79 Å². The van der Waals surface area contributed by atoms with E-state index in [0.717, 1.165) is 32.5 Å². The Labute approximate surface area is 91.2 Å². The Balaban J connectivity index is 1.74. The zero-order chi connectivity index (χ0) is 10.5. The molecule has 0 aromatic rings. The summed E-state index contributed by atoms with van der Waals surface area (Å²) in [5.41, 5.74) is 0. The highest BCUT2D eigenvalue weighted by Gasteiger charge is 2.23. The molecule has 15 heavy (non-hydrogen) atoms. The number of rotatable bonds is 2. The Kier molecular flexibility index (Phi) is 3.97. The molecule has 0 radical (unpaired) electrons. The summed E-state index contributed by atoms with van der Waals surface area (Å²) in [6.45, 7) is 3.01. The van der Waals surface area contributed by atoms with Crippen molar-refractivity contribution in [1.82, 2.24) is 16.0 Å². The van der Waals surface area contributed by atoms with Gasteiger partial charge in [0.1, 0.15) is 0 Å². The summed E-state index contributed by atoms with van der Waals surface area (Å²) in [5, 5.41) is 9.71. The van der Waals surface area contributed by atoms with Gasteiger partial charge in [-0.1, -0.05) is 6.42 Å². The number of nitrogens with one attached hydrogen (secondary N) is 3. The van der Waals surface area contributed by atoms with Gasteiger partial charge in [0.05, 0.1) is 6.04 Å². The molecule has 2 heterocycles. The van der Waals surface area contributed by atoms with Gasteiger partial charge in [-0.15, -0.1) is 0 Å². The monoisotopic (exact) mass is 211 g/mol. The summed E-state index contributed by atoms with van der Waals surface area (Å²) in [6, 6.07) is 0.399. The van der Waals surface area contributed by atoms with Crippen molar-refractivity contribution in [3.8, 4) is 0 Å². The van der Waals surface area contributed by atoms with Gasteiger partial charge < -0.3 is 16.0 Å². The highest BCUT2D eigenvalue weighted by molar-refractivity contribution is 5.82. The van der Waals surface area contributed by atoms with E-state index in [1.54, 1.807) is 0 Å². The van der Waals surface area contributed by atoms with Gasteiger partial charge in [0.15, 0.2) is 0 Å². The van der Waals surface area contributed by atoms with E-state index in [1.165, 1.54) is 19.3 Å². The number of carbonyl (C=O) groups is 1. The standard InChI is InChI=1S/C11H21N3O/c15-11(10-5-1-2-7-13-10)14-9-4-3-6-12-8-9/h9-10,12-13H,1-8H2,(H,14,15)/t9?,10-/m1/s1. The Morgan fingerprint density at radius 1 is 1.13 bits per heavy atom. The lowest BCUT2D eigenvalue weighted by molar-refractivity contribution is -0.124. The fourth-order valence-electron chi connectivity index (χ4n) is 2.35. The van der Waals surface area contributed by atoms with Crippen molar-refractivity contribution < 1.29 is 4.79 Å². The van der Waals surface area contributed by atoms with Gasteiger partial charge >= 0.3 is 0 Å². The molecule has 2 rings (SSSR count). The quantitative estimate of drug-likeness (QED) is 0.602. The molecule has 0 spiro atoms. The maximum Gasteiger partial charge on any atom is 0.237 e. The van der Waals surface area contributed by atoms with Crippen LogP contribution in [-0.4, -0.2) is 37.6 Å². The first-order valence-electron chi connectivity index (χ1n) is 6.11. The summed E-state index contributed by atoms with van der Waals surface area (Å²) in [7, 11) is 0. The molecule has 2 fully saturated rings. The Hall–Kier alpha value is -0.610. The Morgan fingerprint density at radius 3 is 2.73 bits per heavy atom. The summed E-state index contributed by atoms with van der Waals surface area (Å²) in [4.78, 5) is 11.9. The van der Waals surface area contributed by atoms with Gasteiger partial charge in [-0.2, -0.15) is 0 Å². The topological polar surface area (TPSA) is 53.2 Å². The number of hydrogen-bond acceptors (Lipinski definition) is 3. The third kappa shape index (κ3) is 3.18. The van der Waals surface area contributed by atoms with Crippen molar-refractivity contribution >= 4 is 5.91 Å². The van der Waals surface area contributed by atoms with Crippen LogP contribution in [0.2, 0.25) is 0 Å². The summed E-state index contributed by atoms with van der Waals surface area (Å²) in [6.07, 6.45) is 5.66. The molecule has 0 bridgehead atoms. The maximum absolute atomic E-state index is 11.9. The van der Waals surface area contributed by atoms with Crippen LogP contribution in [0.25, 0.3) is 0 Å². The second kappa shape index (κ2) is 5.47. The van der Waals surface area contributed by atoms with Crippen molar-refractivity contribution in [3.05, 3.63) is 0 Å². The van der Waals surface area contributed by atoms with Crippen molar-refractivity contribution in [2.24, 2.45) is 0 Å². The molecule has 2 saturated heterocycles. The minimum absolute atomic E-state index is 0.0562. The Morgan fingerprint density at radius 2 is 2.07 bits per heavy atom. The number of hydrogen-bond donors (Lipinski definition) is 3. The number of piperidine rings is 2. The van der Waals surface area contributed by atoms with Crippen LogP contribution in [0.3, 0.4) is 0 Å². The normalized spacial score (nSPS) is 32.3. The van der Waals surface area contributed by atoms with Gasteiger partial charge in [-0.25, -0.2) is 0 Å². The average Bonchev–Trinajstić information content (AvgIpc) is 2.31. The van der Waals surface area contributed by atoms with E-state index in [4.69, 9.17) is 0 Å². The fourth-order valence-corrected chi connectivity index (χ4v) is 2.35. The third-order valence-corrected chi connectivity index (χ3v) is 3.27. The molecule has 1 amide bonds. The lowest BCUT2D eigenvalue weighted by Crippen LogP contribution is -2.53. The summed E-state index contributed by atoms with van der Waals surface area (Å²) < 4.78 is 0. The van der Waals surface area contributed by atoms with Crippen LogP contribution >= 0.6 is 0 Å². The first-order chi connectivity index (χ1) is 7.36. The smallest absolute Gasteiger partial charge is 0.237 e. The average molecular weight is 211 g/mol. The first-order valence-corrected chi connectivity index (χ1v) is 6.11. The highest BCUT2D eigenvalue weighted by atomic mass is 16.2. The molecule has 0 saturated carbocycles. The molecule has 86 valence electrons. The summed E-state index contributed by atoms with van der Waals surface area (Å²) >= 11 is 0. The molecule has 0 aromatic carbocycles. The molecule has 4 heteroatoms. The van der Waals surface area contributed by atoms with Gasteiger partial charge in [-0.05, 0) is 38.8 Å². The molecule has 1 unspecified atom stereocenters. The maximum atomic E-state index is 11.9. The zero-order valence-electron chi connectivity index (χ0n) is 9.22. The molecule has 2 aliphatic rings. The van der Waals surface area contributed by atoms with Crippen molar-refractivity contribution in [2.75, 3.05) is 19.6 Å². The molecule has 0 aliphatic carbocycles. The van der Waals surface area contributed by atoms with Crippen LogP contribution in [0.4, 0.5) is 0 Å². The molecular formula is C11H21N3O. The number of carbonyl (C=O) groups excluding carboxylic acids is 1. The van der Waals surface area contributed by atoms with Crippen LogP contribution < -0.4 is 16.0 Å². The van der Waals surface area contributed by atoms with Gasteiger partial charge in [-0.3, -0.25) is 4.79 Å². The lowest BCUT2D eigenvalue weighted by Gasteiger charge is -2.28. The van der Waals surface area contributed by atoms with Crippen molar-refractivity contribution in [2.45, 2.75) is 44.2 Å². The lowest BCUT2D eigenvalue weighted by atomic mass is 10.0. The first kappa shape index (κ1) is 10.9. The van der Waals surface area contributed by atoms with Gasteiger partial charge in [0.25, 0.3) is 0 Å². The van der Waals surface area contributed by atoms with Crippen LogP contribution in [0.1, 0.15) is 32.1 Å². The van der Waals surface area contributed by atoms with E-state index in [1.807, 2.05) is 0 Å². The van der Waals surface area contributed by atoms with E-state index in [2.05, 4.69) is 16.0 Å². The molecule has 2 atom stereocenters. The van der Waals surface area contributed by atoms with Crippen LogP contribution in [0, 0.1) is 0 Å². The number of amides is 1. The molecular weight excluding hydrogens is 190 g/mol. The highest BCUT2D eigenvalue weighted by Crippen LogP contribution is 2.08. The van der Waals surface area contributed by atoms with Gasteiger partial charge in [0, 0.05) is 12.6 Å². The zero-order valence-corrected chi connectivity index (χ0v) is 9.22. The molecule has 2 aliphatic heterocycles. The van der Waals surface area contributed by atoms with E-state index < -0.39 is 0 Å². The van der Waals surface area contributed by atoms with Gasteiger partial charge in [0.2, 0.25) is 5.91 Å². The molecule has 0 aromatic heterocycles. The molecule has 4 nitrogen and oxygen atoms in total. The minimum Gasteiger partial charge on any atom is -0.351 e. The van der Waals surface area contributed by atoms with Crippen molar-refractivity contribution in [1.29, 1.82) is 0 Å². The predicted octanol–water partition coefficient (Wildman–Crippen LogP) is -0.00330. The van der Waals surface area contributed by atoms with E-state index in [0.29, 0.717) is 6.04 Å². The summed E-state index contributed by atoms with van der Waals surface area (Å²) in [5.74, 6) is 0.198. The minimum atomic E-state index is 0.0562. The second-order valence-electron chi connectivity index (χ2n) is 4.55. The van der Waals surface area contributed by atoms with Crippen LogP contribution in [0.5, 0.6) is 0 Å². The van der Waals surface area contributed by atoms with E-state index in [-0.39, 0.29) is 11.9 Å². The van der Waals surface area contributed by atoms with E-state index in [9.17, 15) is 4.79 Å². The predicted molar refractivity (Wildman–Crippen MR) is 59.7 cm³/mol.